The highest BCUT2D eigenvalue weighted by Crippen LogP contribution is 2.31. The van der Waals surface area contributed by atoms with E-state index >= 15 is 0 Å². The topological polar surface area (TPSA) is 65.3 Å². The third kappa shape index (κ3) is 3.37. The van der Waals surface area contributed by atoms with Crippen molar-refractivity contribution in [2.75, 3.05) is 6.61 Å². The smallest absolute Gasteiger partial charge is 0.270 e. The van der Waals surface area contributed by atoms with Crippen molar-refractivity contribution in [1.82, 2.24) is 4.98 Å². The summed E-state index contributed by atoms with van der Waals surface area (Å²) in [4.78, 5) is 15.1. The maximum Gasteiger partial charge on any atom is 0.270 e. The van der Waals surface area contributed by atoms with Gasteiger partial charge in [0.05, 0.1) is 17.2 Å². The van der Waals surface area contributed by atoms with Gasteiger partial charge in [-0.1, -0.05) is 12.1 Å². The number of hydrogen-bond acceptors (Lipinski definition) is 5. The Bertz CT molecular complexity index is 828. The molecule has 0 N–H and O–H groups in total. The molecule has 23 heavy (non-hydrogen) atoms. The summed E-state index contributed by atoms with van der Waals surface area (Å²) in [7, 11) is 0. The predicted molar refractivity (Wildman–Crippen MR) is 90.8 cm³/mol. The third-order valence-electron chi connectivity index (χ3n) is 3.27. The molecule has 0 unspecified atom stereocenters. The van der Waals surface area contributed by atoms with Gasteiger partial charge in [0, 0.05) is 28.6 Å². The minimum Gasteiger partial charge on any atom is -0.494 e. The molecule has 116 valence electrons. The Labute approximate surface area is 137 Å². The van der Waals surface area contributed by atoms with E-state index in [1.807, 2.05) is 42.6 Å². The molecule has 1 heterocycles. The van der Waals surface area contributed by atoms with Gasteiger partial charge in [-0.2, -0.15) is 0 Å². The van der Waals surface area contributed by atoms with Gasteiger partial charge in [0.25, 0.3) is 5.69 Å². The molecule has 3 rings (SSSR count). The summed E-state index contributed by atoms with van der Waals surface area (Å²) in [6.07, 6.45) is 0. The average Bonchev–Trinajstić information content (AvgIpc) is 3.06. The summed E-state index contributed by atoms with van der Waals surface area (Å²) >= 11 is 1.51. The van der Waals surface area contributed by atoms with Crippen LogP contribution >= 0.6 is 11.3 Å². The molecule has 0 spiro atoms. The Hall–Kier alpha value is -2.73. The Balaban J connectivity index is 1.88. The van der Waals surface area contributed by atoms with Crippen LogP contribution in [0.1, 0.15) is 6.92 Å². The van der Waals surface area contributed by atoms with Crippen LogP contribution in [0.3, 0.4) is 0 Å². The lowest BCUT2D eigenvalue weighted by molar-refractivity contribution is -0.384. The van der Waals surface area contributed by atoms with Crippen LogP contribution < -0.4 is 4.74 Å². The molecule has 3 aromatic rings. The molecule has 2 aromatic carbocycles. The first-order valence-electron chi connectivity index (χ1n) is 7.11. The minimum atomic E-state index is -0.400. The number of rotatable bonds is 5. The van der Waals surface area contributed by atoms with Crippen molar-refractivity contribution < 1.29 is 9.66 Å². The Morgan fingerprint density at radius 1 is 1.17 bits per heavy atom. The van der Waals surface area contributed by atoms with E-state index in [0.29, 0.717) is 6.61 Å². The van der Waals surface area contributed by atoms with Crippen molar-refractivity contribution >= 4 is 17.0 Å². The summed E-state index contributed by atoms with van der Waals surface area (Å²) in [5.41, 5.74) is 2.54. The first kappa shape index (κ1) is 15.2. The van der Waals surface area contributed by atoms with Gasteiger partial charge in [0.15, 0.2) is 0 Å². The van der Waals surface area contributed by atoms with Gasteiger partial charge >= 0.3 is 0 Å². The number of non-ortho nitro benzene ring substituents is 1. The summed E-state index contributed by atoms with van der Waals surface area (Å²) < 4.78 is 5.43. The van der Waals surface area contributed by atoms with Crippen LogP contribution in [0, 0.1) is 10.1 Å². The van der Waals surface area contributed by atoms with Crippen LogP contribution in [0.4, 0.5) is 5.69 Å². The van der Waals surface area contributed by atoms with Crippen molar-refractivity contribution in [2.45, 2.75) is 6.92 Å². The second-order valence-electron chi connectivity index (χ2n) is 4.80. The largest absolute Gasteiger partial charge is 0.494 e. The molecular weight excluding hydrogens is 312 g/mol. The summed E-state index contributed by atoms with van der Waals surface area (Å²) in [6, 6.07) is 14.2. The number of nitro benzene ring substituents is 1. The molecule has 0 bridgehead atoms. The summed E-state index contributed by atoms with van der Waals surface area (Å²) in [6.45, 7) is 2.58. The molecule has 0 saturated heterocycles. The van der Waals surface area contributed by atoms with Crippen LogP contribution in [0.5, 0.6) is 5.75 Å². The van der Waals surface area contributed by atoms with E-state index in [0.717, 1.165) is 27.6 Å². The number of aromatic nitrogens is 1. The monoisotopic (exact) mass is 326 g/mol. The van der Waals surface area contributed by atoms with Gasteiger partial charge in [-0.25, -0.2) is 4.98 Å². The van der Waals surface area contributed by atoms with E-state index in [2.05, 4.69) is 4.98 Å². The Kier molecular flexibility index (Phi) is 4.34. The molecule has 1 aromatic heterocycles. The number of nitro groups is 1. The van der Waals surface area contributed by atoms with Crippen LogP contribution in [-0.4, -0.2) is 16.5 Å². The SMILES string of the molecule is CCOc1ccc(-c2nc(-c3cccc([N+](=O)[O-])c3)cs2)cc1. The normalized spacial score (nSPS) is 10.5. The fourth-order valence-corrected chi connectivity index (χ4v) is 3.01. The molecule has 0 aliphatic heterocycles. The first-order valence-corrected chi connectivity index (χ1v) is 7.99. The van der Waals surface area contributed by atoms with Crippen LogP contribution in [0.25, 0.3) is 21.8 Å². The maximum absolute atomic E-state index is 10.9. The maximum atomic E-state index is 10.9. The molecule has 0 saturated carbocycles. The van der Waals surface area contributed by atoms with E-state index in [4.69, 9.17) is 4.74 Å². The van der Waals surface area contributed by atoms with Crippen molar-refractivity contribution in [3.63, 3.8) is 0 Å². The molecule has 0 aliphatic rings. The molecule has 0 fully saturated rings. The van der Waals surface area contributed by atoms with Gasteiger partial charge in [0.2, 0.25) is 0 Å². The first-order chi connectivity index (χ1) is 11.2. The number of thiazole rings is 1. The highest BCUT2D eigenvalue weighted by atomic mass is 32.1. The van der Waals surface area contributed by atoms with Crippen LogP contribution in [-0.2, 0) is 0 Å². The number of ether oxygens (including phenoxy) is 1. The Morgan fingerprint density at radius 2 is 1.96 bits per heavy atom. The second-order valence-corrected chi connectivity index (χ2v) is 5.66. The summed E-state index contributed by atoms with van der Waals surface area (Å²) in [5.74, 6) is 0.826. The molecule has 0 amide bonds. The average molecular weight is 326 g/mol. The van der Waals surface area contributed by atoms with E-state index in [1.54, 1.807) is 6.07 Å². The zero-order valence-corrected chi connectivity index (χ0v) is 13.2. The van der Waals surface area contributed by atoms with Crippen LogP contribution in [0.15, 0.2) is 53.9 Å². The number of hydrogen-bond donors (Lipinski definition) is 0. The van der Waals surface area contributed by atoms with Crippen molar-refractivity contribution in [3.05, 3.63) is 64.0 Å². The summed E-state index contributed by atoms with van der Waals surface area (Å²) in [5, 5.41) is 13.6. The zero-order chi connectivity index (χ0) is 16.2. The Morgan fingerprint density at radius 3 is 2.65 bits per heavy atom. The van der Waals surface area contributed by atoms with E-state index < -0.39 is 4.92 Å². The van der Waals surface area contributed by atoms with Gasteiger partial charge in [-0.15, -0.1) is 11.3 Å². The van der Waals surface area contributed by atoms with Gasteiger partial charge in [-0.3, -0.25) is 10.1 Å². The van der Waals surface area contributed by atoms with Crippen molar-refractivity contribution in [3.8, 4) is 27.6 Å². The lowest BCUT2D eigenvalue weighted by Gasteiger charge is -2.03. The van der Waals surface area contributed by atoms with E-state index in [1.165, 1.54) is 23.5 Å². The standard InChI is InChI=1S/C17H14N2O3S/c1-2-22-15-8-6-12(7-9-15)17-18-16(11-23-17)13-4-3-5-14(10-13)19(20)21/h3-11H,2H2,1H3. The lowest BCUT2D eigenvalue weighted by atomic mass is 10.1. The molecule has 6 heteroatoms. The second kappa shape index (κ2) is 6.58. The zero-order valence-electron chi connectivity index (χ0n) is 12.4. The molecule has 0 atom stereocenters. The third-order valence-corrected chi connectivity index (χ3v) is 4.16. The van der Waals surface area contributed by atoms with Gasteiger partial charge in [0.1, 0.15) is 10.8 Å². The molecule has 0 aliphatic carbocycles. The predicted octanol–water partition coefficient (Wildman–Crippen LogP) is 4.78. The number of nitrogens with zero attached hydrogens (tertiary/aromatic N) is 2. The van der Waals surface area contributed by atoms with Gasteiger partial charge in [-0.05, 0) is 31.2 Å². The van der Waals surface area contributed by atoms with Crippen LogP contribution in [0.2, 0.25) is 0 Å². The van der Waals surface area contributed by atoms with Crippen molar-refractivity contribution in [2.24, 2.45) is 0 Å². The quantitative estimate of drug-likeness (QED) is 0.500. The highest BCUT2D eigenvalue weighted by Gasteiger charge is 2.11. The fraction of sp³-hybridized carbons (Fsp3) is 0.118. The van der Waals surface area contributed by atoms with Gasteiger partial charge < -0.3 is 4.74 Å². The number of benzene rings is 2. The minimum absolute atomic E-state index is 0.0677. The molecule has 0 radical (unpaired) electrons. The van der Waals surface area contributed by atoms with E-state index in [9.17, 15) is 10.1 Å². The van der Waals surface area contributed by atoms with E-state index in [-0.39, 0.29) is 5.69 Å². The molecule has 5 nitrogen and oxygen atoms in total. The molecular formula is C17H14N2O3S. The fourth-order valence-electron chi connectivity index (χ4n) is 2.18. The highest BCUT2D eigenvalue weighted by molar-refractivity contribution is 7.13. The lowest BCUT2D eigenvalue weighted by Crippen LogP contribution is -1.90. The van der Waals surface area contributed by atoms with Crippen molar-refractivity contribution in [1.29, 1.82) is 0 Å².